The molecular weight excluding hydrogens is 312 g/mol. The Morgan fingerprint density at radius 1 is 1.48 bits per heavy atom. The van der Waals surface area contributed by atoms with E-state index < -0.39 is 0 Å². The van der Waals surface area contributed by atoms with Crippen LogP contribution >= 0.6 is 11.5 Å². The minimum Gasteiger partial charge on any atom is -0.364 e. The van der Waals surface area contributed by atoms with Gasteiger partial charge in [0, 0.05) is 47.8 Å². The van der Waals surface area contributed by atoms with Gasteiger partial charge < -0.3 is 9.55 Å². The van der Waals surface area contributed by atoms with E-state index in [2.05, 4.69) is 43.1 Å². The van der Waals surface area contributed by atoms with Crippen molar-refractivity contribution in [1.29, 1.82) is 0 Å². The summed E-state index contributed by atoms with van der Waals surface area (Å²) in [6.45, 7) is 6.11. The second-order valence-corrected chi connectivity index (χ2v) is 7.02. The summed E-state index contributed by atoms with van der Waals surface area (Å²) in [5.74, 6) is 1.27. The SMILES string of the molecule is Cc1nsc(NC(=O)c2c[nH]c3c2-c2nccn2C(C)(C)C3)n1. The molecule has 3 aromatic heterocycles. The molecule has 7 nitrogen and oxygen atoms in total. The molecule has 1 aliphatic rings. The van der Waals surface area contributed by atoms with Crippen LogP contribution < -0.4 is 5.32 Å². The molecule has 1 aliphatic heterocycles. The van der Waals surface area contributed by atoms with E-state index in [-0.39, 0.29) is 11.4 Å². The molecule has 0 saturated heterocycles. The molecule has 0 radical (unpaired) electrons. The fourth-order valence-corrected chi connectivity index (χ4v) is 3.62. The van der Waals surface area contributed by atoms with Gasteiger partial charge in [0.2, 0.25) is 5.13 Å². The van der Waals surface area contributed by atoms with Gasteiger partial charge in [-0.15, -0.1) is 0 Å². The van der Waals surface area contributed by atoms with Crippen LogP contribution in [0, 0.1) is 6.92 Å². The number of hydrogen-bond donors (Lipinski definition) is 2. The zero-order valence-corrected chi connectivity index (χ0v) is 13.9. The van der Waals surface area contributed by atoms with Crippen LogP contribution in [0.3, 0.4) is 0 Å². The Bertz CT molecular complexity index is 903. The number of anilines is 1. The predicted octanol–water partition coefficient (Wildman–Crippen LogP) is 2.58. The number of nitrogens with one attached hydrogen (secondary N) is 2. The van der Waals surface area contributed by atoms with E-state index >= 15 is 0 Å². The third kappa shape index (κ3) is 2.17. The van der Waals surface area contributed by atoms with Crippen LogP contribution in [0.25, 0.3) is 11.4 Å². The first kappa shape index (κ1) is 14.1. The highest BCUT2D eigenvalue weighted by atomic mass is 32.1. The summed E-state index contributed by atoms with van der Waals surface area (Å²) in [6, 6.07) is 0. The van der Waals surface area contributed by atoms with Gasteiger partial charge in [0.05, 0.1) is 11.1 Å². The standard InChI is InChI=1S/C15H16N6OS/c1-8-18-14(23-20-8)19-13(22)9-7-17-10-6-15(2,3)21-5-4-16-12(21)11(9)10/h4-5,7,17H,6H2,1-3H3,(H,18,19,20,22). The summed E-state index contributed by atoms with van der Waals surface area (Å²) in [4.78, 5) is 24.5. The van der Waals surface area contributed by atoms with Crippen molar-refractivity contribution in [3.8, 4) is 11.4 Å². The van der Waals surface area contributed by atoms with Crippen LogP contribution in [0.1, 0.15) is 35.7 Å². The Hall–Kier alpha value is -2.48. The number of carbonyl (C=O) groups excluding carboxylic acids is 1. The van der Waals surface area contributed by atoms with Crippen molar-refractivity contribution in [1.82, 2.24) is 23.9 Å². The second-order valence-electron chi connectivity index (χ2n) is 6.27. The number of aryl methyl sites for hydroxylation is 1. The normalized spacial score (nSPS) is 15.1. The van der Waals surface area contributed by atoms with Crippen molar-refractivity contribution in [3.63, 3.8) is 0 Å². The van der Waals surface area contributed by atoms with Gasteiger partial charge in [-0.05, 0) is 20.8 Å². The minimum atomic E-state index is -0.201. The van der Waals surface area contributed by atoms with Crippen molar-refractivity contribution in [2.75, 3.05) is 5.32 Å². The Balaban J connectivity index is 1.74. The molecular formula is C15H16N6OS. The number of hydrogen-bond acceptors (Lipinski definition) is 5. The maximum absolute atomic E-state index is 12.6. The van der Waals surface area contributed by atoms with Gasteiger partial charge in [0.1, 0.15) is 11.6 Å². The molecule has 0 spiro atoms. The lowest BCUT2D eigenvalue weighted by molar-refractivity contribution is 0.102. The first-order valence-corrected chi connectivity index (χ1v) is 8.09. The summed E-state index contributed by atoms with van der Waals surface area (Å²) in [6.07, 6.45) is 6.29. The Morgan fingerprint density at radius 3 is 3.04 bits per heavy atom. The Kier molecular flexibility index (Phi) is 2.92. The number of nitrogens with zero attached hydrogens (tertiary/aromatic N) is 4. The maximum Gasteiger partial charge on any atom is 0.259 e. The highest BCUT2D eigenvalue weighted by molar-refractivity contribution is 7.09. The van der Waals surface area contributed by atoms with Crippen molar-refractivity contribution < 1.29 is 4.79 Å². The van der Waals surface area contributed by atoms with E-state index in [1.807, 2.05) is 6.20 Å². The molecule has 118 valence electrons. The van der Waals surface area contributed by atoms with Crippen LogP contribution in [0.4, 0.5) is 5.13 Å². The van der Waals surface area contributed by atoms with E-state index in [4.69, 9.17) is 0 Å². The van der Waals surface area contributed by atoms with E-state index in [0.717, 1.165) is 23.5 Å². The largest absolute Gasteiger partial charge is 0.364 e. The molecule has 0 atom stereocenters. The van der Waals surface area contributed by atoms with Crippen molar-refractivity contribution in [2.45, 2.75) is 32.7 Å². The van der Waals surface area contributed by atoms with E-state index in [1.165, 1.54) is 11.5 Å². The van der Waals surface area contributed by atoms with Crippen molar-refractivity contribution in [2.24, 2.45) is 0 Å². The summed E-state index contributed by atoms with van der Waals surface area (Å²) in [5, 5.41) is 3.31. The zero-order valence-electron chi connectivity index (χ0n) is 13.0. The van der Waals surface area contributed by atoms with Crippen LogP contribution in [0.2, 0.25) is 0 Å². The minimum absolute atomic E-state index is 0.0756. The molecule has 0 aliphatic carbocycles. The van der Waals surface area contributed by atoms with Gasteiger partial charge in [-0.2, -0.15) is 4.37 Å². The third-order valence-electron chi connectivity index (χ3n) is 4.08. The molecule has 0 unspecified atom stereocenters. The molecule has 0 bridgehead atoms. The van der Waals surface area contributed by atoms with Crippen LogP contribution in [0.5, 0.6) is 0 Å². The van der Waals surface area contributed by atoms with Gasteiger partial charge in [-0.3, -0.25) is 10.1 Å². The lowest BCUT2D eigenvalue weighted by Crippen LogP contribution is -2.33. The fraction of sp³-hybridized carbons (Fsp3) is 0.333. The summed E-state index contributed by atoms with van der Waals surface area (Å²) in [5.41, 5.74) is 2.41. The van der Waals surface area contributed by atoms with E-state index in [1.54, 1.807) is 19.3 Å². The number of carbonyl (C=O) groups is 1. The molecule has 2 N–H and O–H groups in total. The molecule has 3 aromatic rings. The number of aromatic amines is 1. The maximum atomic E-state index is 12.6. The number of fused-ring (bicyclic) bond motifs is 3. The fourth-order valence-electron chi connectivity index (χ4n) is 3.05. The summed E-state index contributed by atoms with van der Waals surface area (Å²) < 4.78 is 6.20. The Labute approximate surface area is 137 Å². The van der Waals surface area contributed by atoms with Gasteiger partial charge in [0.15, 0.2) is 0 Å². The van der Waals surface area contributed by atoms with Crippen molar-refractivity contribution in [3.05, 3.63) is 35.7 Å². The summed E-state index contributed by atoms with van der Waals surface area (Å²) >= 11 is 1.18. The average molecular weight is 328 g/mol. The second kappa shape index (κ2) is 4.76. The van der Waals surface area contributed by atoms with Crippen molar-refractivity contribution >= 4 is 22.6 Å². The van der Waals surface area contributed by atoms with Crippen LogP contribution in [0.15, 0.2) is 18.6 Å². The number of aromatic nitrogens is 5. The number of amides is 1. The van der Waals surface area contributed by atoms with Gasteiger partial charge >= 0.3 is 0 Å². The lowest BCUT2D eigenvalue weighted by atomic mass is 9.90. The zero-order chi connectivity index (χ0) is 16.2. The molecule has 0 saturated carbocycles. The molecule has 4 heterocycles. The first-order valence-electron chi connectivity index (χ1n) is 7.32. The smallest absolute Gasteiger partial charge is 0.259 e. The molecule has 8 heteroatoms. The van der Waals surface area contributed by atoms with Gasteiger partial charge in [0.25, 0.3) is 5.91 Å². The number of rotatable bonds is 2. The molecule has 0 fully saturated rings. The van der Waals surface area contributed by atoms with Gasteiger partial charge in [-0.25, -0.2) is 9.97 Å². The predicted molar refractivity (Wildman–Crippen MR) is 87.6 cm³/mol. The van der Waals surface area contributed by atoms with E-state index in [0.29, 0.717) is 16.5 Å². The number of imidazole rings is 1. The molecule has 4 rings (SSSR count). The lowest BCUT2D eigenvalue weighted by Gasteiger charge is -2.32. The van der Waals surface area contributed by atoms with E-state index in [9.17, 15) is 4.79 Å². The highest BCUT2D eigenvalue weighted by Crippen LogP contribution is 2.38. The topological polar surface area (TPSA) is 88.5 Å². The van der Waals surface area contributed by atoms with Gasteiger partial charge in [-0.1, -0.05) is 0 Å². The molecule has 1 amide bonds. The highest BCUT2D eigenvalue weighted by Gasteiger charge is 2.34. The Morgan fingerprint density at radius 2 is 2.30 bits per heavy atom. The van der Waals surface area contributed by atoms with Crippen LogP contribution in [-0.2, 0) is 12.0 Å². The molecule has 0 aromatic carbocycles. The third-order valence-corrected chi connectivity index (χ3v) is 4.80. The number of H-pyrrole nitrogens is 1. The summed E-state index contributed by atoms with van der Waals surface area (Å²) in [7, 11) is 0. The average Bonchev–Trinajstić information content (AvgIpc) is 3.16. The molecule has 23 heavy (non-hydrogen) atoms. The quantitative estimate of drug-likeness (QED) is 0.757. The monoisotopic (exact) mass is 328 g/mol. The first-order chi connectivity index (χ1) is 11.0. The van der Waals surface area contributed by atoms with Crippen LogP contribution in [-0.4, -0.2) is 29.8 Å².